The first-order chi connectivity index (χ1) is 18.3. The minimum absolute atomic E-state index is 0.0790. The van der Waals surface area contributed by atoms with Gasteiger partial charge in [0.25, 0.3) is 11.7 Å². The van der Waals surface area contributed by atoms with Crippen LogP contribution in [0.15, 0.2) is 78.4 Å². The summed E-state index contributed by atoms with van der Waals surface area (Å²) < 4.78 is 11.5. The van der Waals surface area contributed by atoms with Crippen LogP contribution in [0, 0.1) is 6.92 Å². The van der Waals surface area contributed by atoms with E-state index >= 15 is 0 Å². The summed E-state index contributed by atoms with van der Waals surface area (Å²) in [6.45, 7) is 5.65. The van der Waals surface area contributed by atoms with Crippen LogP contribution < -0.4 is 9.47 Å². The van der Waals surface area contributed by atoms with Crippen molar-refractivity contribution in [1.29, 1.82) is 0 Å². The molecule has 3 aromatic carbocycles. The maximum atomic E-state index is 13.3. The summed E-state index contributed by atoms with van der Waals surface area (Å²) in [6.07, 6.45) is 0. The summed E-state index contributed by atoms with van der Waals surface area (Å²) in [5.74, 6) is -0.132. The number of ketones is 1. The Morgan fingerprint density at radius 3 is 2.32 bits per heavy atom. The molecule has 1 N–H and O–H groups in total. The number of carbonyl (C=O) groups is 2. The number of Topliss-reactive ketones (excluding diaryl/α,β-unsaturated/α-hetero) is 1. The Hall–Kier alpha value is -4.10. The van der Waals surface area contributed by atoms with E-state index in [0.717, 1.165) is 16.7 Å². The molecular weight excluding hydrogens is 480 g/mol. The number of aryl methyl sites for hydroxylation is 1. The quantitative estimate of drug-likeness (QED) is 0.234. The number of amides is 1. The first-order valence-corrected chi connectivity index (χ1v) is 12.7. The second kappa shape index (κ2) is 12.0. The molecule has 1 amide bonds. The normalized spacial score (nSPS) is 16.8. The van der Waals surface area contributed by atoms with E-state index in [4.69, 9.17) is 9.47 Å². The first-order valence-electron chi connectivity index (χ1n) is 12.7. The van der Waals surface area contributed by atoms with Gasteiger partial charge in [-0.1, -0.05) is 42.5 Å². The number of nitrogens with zero attached hydrogens (tertiary/aromatic N) is 2. The van der Waals surface area contributed by atoms with Gasteiger partial charge in [0.2, 0.25) is 0 Å². The smallest absolute Gasteiger partial charge is 0.295 e. The van der Waals surface area contributed by atoms with Gasteiger partial charge in [0.1, 0.15) is 23.9 Å². The second-order valence-electron chi connectivity index (χ2n) is 9.55. The van der Waals surface area contributed by atoms with Crippen LogP contribution in [0.4, 0.5) is 0 Å². The van der Waals surface area contributed by atoms with Crippen molar-refractivity contribution in [3.05, 3.63) is 101 Å². The number of rotatable bonds is 10. The van der Waals surface area contributed by atoms with E-state index in [-0.39, 0.29) is 11.3 Å². The van der Waals surface area contributed by atoms with E-state index in [1.807, 2.05) is 87.4 Å². The van der Waals surface area contributed by atoms with Crippen LogP contribution in [0.25, 0.3) is 5.76 Å². The van der Waals surface area contributed by atoms with Crippen molar-refractivity contribution in [1.82, 2.24) is 9.80 Å². The van der Waals surface area contributed by atoms with Crippen molar-refractivity contribution in [2.24, 2.45) is 0 Å². The Balaban J connectivity index is 1.69. The monoisotopic (exact) mass is 514 g/mol. The summed E-state index contributed by atoms with van der Waals surface area (Å²) in [4.78, 5) is 29.9. The third kappa shape index (κ3) is 5.89. The summed E-state index contributed by atoms with van der Waals surface area (Å²) >= 11 is 0. The van der Waals surface area contributed by atoms with Crippen LogP contribution in [0.2, 0.25) is 0 Å². The lowest BCUT2D eigenvalue weighted by Gasteiger charge is -2.26. The first kappa shape index (κ1) is 26.9. The summed E-state index contributed by atoms with van der Waals surface area (Å²) in [6, 6.07) is 21.7. The van der Waals surface area contributed by atoms with E-state index in [9.17, 15) is 14.7 Å². The van der Waals surface area contributed by atoms with Gasteiger partial charge in [-0.25, -0.2) is 0 Å². The van der Waals surface area contributed by atoms with Crippen molar-refractivity contribution < 1.29 is 24.2 Å². The van der Waals surface area contributed by atoms with Gasteiger partial charge in [0, 0.05) is 18.7 Å². The second-order valence-corrected chi connectivity index (χ2v) is 9.55. The molecule has 198 valence electrons. The zero-order valence-corrected chi connectivity index (χ0v) is 22.3. The topological polar surface area (TPSA) is 79.3 Å². The molecule has 1 saturated heterocycles. The van der Waals surface area contributed by atoms with Gasteiger partial charge in [-0.15, -0.1) is 0 Å². The molecule has 0 bridgehead atoms. The summed E-state index contributed by atoms with van der Waals surface area (Å²) in [7, 11) is 3.82. The average Bonchev–Trinajstić information content (AvgIpc) is 3.17. The number of hydrogen-bond donors (Lipinski definition) is 1. The number of hydrogen-bond acceptors (Lipinski definition) is 6. The Kier molecular flexibility index (Phi) is 8.48. The van der Waals surface area contributed by atoms with Crippen LogP contribution in [-0.4, -0.2) is 60.4 Å². The van der Waals surface area contributed by atoms with E-state index in [1.54, 1.807) is 18.2 Å². The SMILES string of the molecule is CCOc1ccc(/C(O)=C2\C(=O)C(=O)N(CCN(C)C)C2c2ccc(OCc3ccccc3)cc2)cc1C. The van der Waals surface area contributed by atoms with Gasteiger partial charge < -0.3 is 24.4 Å². The van der Waals surface area contributed by atoms with Crippen LogP contribution >= 0.6 is 0 Å². The number of ether oxygens (including phenoxy) is 2. The molecule has 1 atom stereocenters. The van der Waals surface area contributed by atoms with Crippen LogP contribution in [0.5, 0.6) is 11.5 Å². The highest BCUT2D eigenvalue weighted by Gasteiger charge is 2.45. The average molecular weight is 515 g/mol. The van der Waals surface area contributed by atoms with Crippen molar-refractivity contribution in [3.8, 4) is 11.5 Å². The standard InChI is InChI=1S/C31H34N2O5/c1-5-37-26-16-13-24(19-21(26)2)29(34)27-28(33(18-17-32(3)4)31(36)30(27)35)23-11-14-25(15-12-23)38-20-22-9-7-6-8-10-22/h6-16,19,28,34H,5,17-18,20H2,1-4H3/b29-27+. The molecule has 7 nitrogen and oxygen atoms in total. The highest BCUT2D eigenvalue weighted by Crippen LogP contribution is 2.40. The van der Waals surface area contributed by atoms with Crippen molar-refractivity contribution in [2.75, 3.05) is 33.8 Å². The zero-order chi connectivity index (χ0) is 27.2. The number of aliphatic hydroxyl groups is 1. The molecule has 0 aromatic heterocycles. The predicted molar refractivity (Wildman–Crippen MR) is 147 cm³/mol. The molecule has 1 unspecified atom stereocenters. The largest absolute Gasteiger partial charge is 0.507 e. The third-order valence-corrected chi connectivity index (χ3v) is 6.52. The Morgan fingerprint density at radius 1 is 0.974 bits per heavy atom. The number of likely N-dealkylation sites (N-methyl/N-ethyl adjacent to an activating group) is 1. The highest BCUT2D eigenvalue weighted by atomic mass is 16.5. The third-order valence-electron chi connectivity index (χ3n) is 6.52. The van der Waals surface area contributed by atoms with E-state index in [1.165, 1.54) is 4.90 Å². The molecule has 0 radical (unpaired) electrons. The maximum Gasteiger partial charge on any atom is 0.295 e. The lowest BCUT2D eigenvalue weighted by atomic mass is 9.94. The molecule has 4 rings (SSSR count). The summed E-state index contributed by atoms with van der Waals surface area (Å²) in [5.41, 5.74) is 3.15. The highest BCUT2D eigenvalue weighted by molar-refractivity contribution is 6.46. The van der Waals surface area contributed by atoms with Crippen LogP contribution in [0.3, 0.4) is 0 Å². The fourth-order valence-electron chi connectivity index (χ4n) is 4.52. The molecule has 38 heavy (non-hydrogen) atoms. The lowest BCUT2D eigenvalue weighted by Crippen LogP contribution is -2.35. The molecule has 1 aliphatic heterocycles. The molecule has 3 aromatic rings. The zero-order valence-electron chi connectivity index (χ0n) is 22.3. The van der Waals surface area contributed by atoms with Crippen LogP contribution in [-0.2, 0) is 16.2 Å². The van der Waals surface area contributed by atoms with E-state index in [2.05, 4.69) is 0 Å². The maximum absolute atomic E-state index is 13.3. The van der Waals surface area contributed by atoms with Gasteiger partial charge in [0.15, 0.2) is 0 Å². The number of aliphatic hydroxyl groups excluding tert-OH is 1. The number of likely N-dealkylation sites (tertiary alicyclic amines) is 1. The Bertz CT molecular complexity index is 1320. The number of benzene rings is 3. The predicted octanol–water partition coefficient (Wildman–Crippen LogP) is 4.96. The van der Waals surface area contributed by atoms with Crippen molar-refractivity contribution >= 4 is 17.4 Å². The summed E-state index contributed by atoms with van der Waals surface area (Å²) in [5, 5.41) is 11.3. The fraction of sp³-hybridized carbons (Fsp3) is 0.290. The van der Waals surface area contributed by atoms with Crippen molar-refractivity contribution in [2.45, 2.75) is 26.5 Å². The Morgan fingerprint density at radius 2 is 1.68 bits per heavy atom. The Labute approximate surface area is 223 Å². The lowest BCUT2D eigenvalue weighted by molar-refractivity contribution is -0.140. The molecule has 7 heteroatoms. The van der Waals surface area contributed by atoms with Gasteiger partial charge in [-0.05, 0) is 75.0 Å². The molecular formula is C31H34N2O5. The van der Waals surface area contributed by atoms with Crippen molar-refractivity contribution in [3.63, 3.8) is 0 Å². The van der Waals surface area contributed by atoms with Gasteiger partial charge in [-0.3, -0.25) is 9.59 Å². The van der Waals surface area contributed by atoms with Gasteiger partial charge >= 0.3 is 0 Å². The minimum Gasteiger partial charge on any atom is -0.507 e. The van der Waals surface area contributed by atoms with E-state index < -0.39 is 17.7 Å². The molecule has 1 aliphatic rings. The molecule has 1 fully saturated rings. The molecule has 0 aliphatic carbocycles. The molecule has 1 heterocycles. The fourth-order valence-corrected chi connectivity index (χ4v) is 4.52. The number of carbonyl (C=O) groups excluding carboxylic acids is 2. The molecule has 0 saturated carbocycles. The van der Waals surface area contributed by atoms with Gasteiger partial charge in [0.05, 0.1) is 18.2 Å². The molecule has 0 spiro atoms. The van der Waals surface area contributed by atoms with E-state index in [0.29, 0.717) is 43.4 Å². The van der Waals surface area contributed by atoms with Gasteiger partial charge in [-0.2, -0.15) is 0 Å². The van der Waals surface area contributed by atoms with Crippen LogP contribution in [0.1, 0.15) is 35.2 Å². The minimum atomic E-state index is -0.718.